The lowest BCUT2D eigenvalue weighted by molar-refractivity contribution is -0.119. The molecule has 1 unspecified atom stereocenters. The topological polar surface area (TPSA) is 59.8 Å². The van der Waals surface area contributed by atoms with Gasteiger partial charge in [0, 0.05) is 18.0 Å². The molecular weight excluding hydrogens is 288 g/mol. The first kappa shape index (κ1) is 15.0. The predicted molar refractivity (Wildman–Crippen MR) is 90.0 cm³/mol. The van der Waals surface area contributed by atoms with Crippen LogP contribution in [0.15, 0.2) is 61.1 Å². The number of amides is 1. The van der Waals surface area contributed by atoms with Crippen LogP contribution in [0.5, 0.6) is 0 Å². The van der Waals surface area contributed by atoms with Gasteiger partial charge in [0.1, 0.15) is 11.9 Å². The first-order valence-electron chi connectivity index (χ1n) is 7.46. The fraction of sp³-hybridized carbons (Fsp3) is 0.167. The van der Waals surface area contributed by atoms with Crippen LogP contribution in [0.25, 0.3) is 11.1 Å². The Hall–Kier alpha value is -2.95. The van der Waals surface area contributed by atoms with Crippen LogP contribution in [-0.4, -0.2) is 20.7 Å². The van der Waals surface area contributed by atoms with E-state index in [1.807, 2.05) is 62.5 Å². The fourth-order valence-electron chi connectivity index (χ4n) is 2.28. The zero-order chi connectivity index (χ0) is 16.2. The molecule has 1 atom stereocenters. The highest BCUT2D eigenvalue weighted by Gasteiger charge is 2.17. The average molecular weight is 306 g/mol. The van der Waals surface area contributed by atoms with E-state index in [4.69, 9.17) is 0 Å². The van der Waals surface area contributed by atoms with Gasteiger partial charge in [0.15, 0.2) is 0 Å². The van der Waals surface area contributed by atoms with E-state index < -0.39 is 6.04 Å². The van der Waals surface area contributed by atoms with Crippen LogP contribution < -0.4 is 5.32 Å². The summed E-state index contributed by atoms with van der Waals surface area (Å²) in [4.78, 5) is 16.5. The number of hydrogen-bond donors (Lipinski definition) is 1. The molecule has 0 aliphatic heterocycles. The van der Waals surface area contributed by atoms with Gasteiger partial charge in [0.25, 0.3) is 0 Å². The Morgan fingerprint density at radius 3 is 2.70 bits per heavy atom. The fourth-order valence-corrected chi connectivity index (χ4v) is 2.28. The van der Waals surface area contributed by atoms with E-state index in [0.29, 0.717) is 5.82 Å². The number of aryl methyl sites for hydroxylation is 1. The van der Waals surface area contributed by atoms with Crippen molar-refractivity contribution in [1.82, 2.24) is 14.8 Å². The van der Waals surface area contributed by atoms with Gasteiger partial charge in [-0.25, -0.2) is 4.98 Å². The second-order valence-electron chi connectivity index (χ2n) is 5.46. The van der Waals surface area contributed by atoms with Crippen LogP contribution in [0.1, 0.15) is 18.5 Å². The molecule has 3 aromatic rings. The van der Waals surface area contributed by atoms with E-state index in [9.17, 15) is 4.79 Å². The van der Waals surface area contributed by atoms with Crippen molar-refractivity contribution in [3.8, 4) is 11.1 Å². The minimum atomic E-state index is -0.422. The third-order valence-corrected chi connectivity index (χ3v) is 3.65. The van der Waals surface area contributed by atoms with E-state index in [1.54, 1.807) is 17.1 Å². The van der Waals surface area contributed by atoms with E-state index in [2.05, 4.69) is 15.4 Å². The van der Waals surface area contributed by atoms with Crippen LogP contribution >= 0.6 is 0 Å². The zero-order valence-electron chi connectivity index (χ0n) is 13.1. The maximum Gasteiger partial charge on any atom is 0.250 e. The van der Waals surface area contributed by atoms with E-state index in [1.165, 1.54) is 0 Å². The van der Waals surface area contributed by atoms with Crippen molar-refractivity contribution in [2.24, 2.45) is 0 Å². The van der Waals surface area contributed by atoms with Gasteiger partial charge in [-0.1, -0.05) is 30.3 Å². The highest BCUT2D eigenvalue weighted by atomic mass is 16.2. The lowest BCUT2D eigenvalue weighted by atomic mass is 10.1. The normalized spacial score (nSPS) is 11.9. The molecule has 0 aliphatic carbocycles. The maximum atomic E-state index is 12.4. The number of aromatic nitrogens is 3. The van der Waals surface area contributed by atoms with Crippen LogP contribution in [-0.2, 0) is 4.79 Å². The molecule has 1 amide bonds. The van der Waals surface area contributed by atoms with E-state index >= 15 is 0 Å². The molecule has 1 aromatic carbocycles. The average Bonchev–Trinajstić information content (AvgIpc) is 3.05. The Balaban J connectivity index is 1.74. The summed E-state index contributed by atoms with van der Waals surface area (Å²) in [5, 5.41) is 7.13. The van der Waals surface area contributed by atoms with E-state index in [0.717, 1.165) is 16.7 Å². The Morgan fingerprint density at radius 1 is 1.17 bits per heavy atom. The molecule has 1 N–H and O–H groups in total. The molecule has 0 fully saturated rings. The van der Waals surface area contributed by atoms with Crippen LogP contribution in [0.3, 0.4) is 0 Å². The second kappa shape index (κ2) is 6.44. The summed E-state index contributed by atoms with van der Waals surface area (Å²) in [6, 6.07) is 13.3. The quantitative estimate of drug-likeness (QED) is 0.803. The van der Waals surface area contributed by atoms with Gasteiger partial charge in [-0.05, 0) is 37.1 Å². The highest BCUT2D eigenvalue weighted by Crippen LogP contribution is 2.20. The van der Waals surface area contributed by atoms with Gasteiger partial charge in [-0.15, -0.1) is 0 Å². The van der Waals surface area contributed by atoms with Crippen molar-refractivity contribution in [3.63, 3.8) is 0 Å². The van der Waals surface area contributed by atoms with Crippen molar-refractivity contribution >= 4 is 11.7 Å². The molecular formula is C18H18N4O. The molecule has 0 radical (unpaired) electrons. The Morgan fingerprint density at radius 2 is 1.96 bits per heavy atom. The number of carbonyl (C=O) groups excluding carboxylic acids is 1. The second-order valence-corrected chi connectivity index (χ2v) is 5.46. The van der Waals surface area contributed by atoms with Crippen molar-refractivity contribution in [2.45, 2.75) is 19.9 Å². The molecule has 0 aliphatic rings. The van der Waals surface area contributed by atoms with Crippen molar-refractivity contribution in [3.05, 3.63) is 66.6 Å². The van der Waals surface area contributed by atoms with Crippen LogP contribution in [0, 0.1) is 6.92 Å². The summed E-state index contributed by atoms with van der Waals surface area (Å²) in [6.45, 7) is 3.77. The molecule has 5 heteroatoms. The Kier molecular flexibility index (Phi) is 4.19. The van der Waals surface area contributed by atoms with E-state index in [-0.39, 0.29) is 5.91 Å². The molecule has 2 heterocycles. The van der Waals surface area contributed by atoms with Gasteiger partial charge in [-0.3, -0.25) is 9.48 Å². The molecule has 0 spiro atoms. The van der Waals surface area contributed by atoms with Crippen LogP contribution in [0.2, 0.25) is 0 Å². The minimum absolute atomic E-state index is 0.147. The summed E-state index contributed by atoms with van der Waals surface area (Å²) in [6.07, 6.45) is 5.32. The highest BCUT2D eigenvalue weighted by molar-refractivity contribution is 5.92. The van der Waals surface area contributed by atoms with Crippen molar-refractivity contribution in [1.29, 1.82) is 0 Å². The standard InChI is InChI=1S/C18H18N4O/c1-13-8-9-19-17(10-13)21-18(23)14(2)22-12-16(11-20-22)15-6-4-3-5-7-15/h3-12,14H,1-2H3,(H,19,21,23). The van der Waals surface area contributed by atoms with Gasteiger partial charge in [0.05, 0.1) is 6.20 Å². The maximum absolute atomic E-state index is 12.4. The molecule has 0 saturated carbocycles. The molecule has 5 nitrogen and oxygen atoms in total. The third kappa shape index (κ3) is 3.45. The molecule has 3 rings (SSSR count). The molecule has 23 heavy (non-hydrogen) atoms. The molecule has 2 aromatic heterocycles. The zero-order valence-corrected chi connectivity index (χ0v) is 13.1. The molecule has 0 saturated heterocycles. The Bertz CT molecular complexity index is 811. The molecule has 116 valence electrons. The summed E-state index contributed by atoms with van der Waals surface area (Å²) in [5.74, 6) is 0.406. The largest absolute Gasteiger partial charge is 0.309 e. The summed E-state index contributed by atoms with van der Waals surface area (Å²) < 4.78 is 1.66. The van der Waals surface area contributed by atoms with Gasteiger partial charge in [-0.2, -0.15) is 5.10 Å². The molecule has 0 bridgehead atoms. The SMILES string of the molecule is Cc1ccnc(NC(=O)C(C)n2cc(-c3ccccc3)cn2)c1. The number of anilines is 1. The number of hydrogen-bond acceptors (Lipinski definition) is 3. The number of pyridine rings is 1. The van der Waals surface area contributed by atoms with Gasteiger partial charge >= 0.3 is 0 Å². The van der Waals surface area contributed by atoms with Crippen molar-refractivity contribution in [2.75, 3.05) is 5.32 Å². The third-order valence-electron chi connectivity index (χ3n) is 3.65. The number of carbonyl (C=O) groups is 1. The van der Waals surface area contributed by atoms with Crippen LogP contribution in [0.4, 0.5) is 5.82 Å². The first-order chi connectivity index (χ1) is 11.1. The minimum Gasteiger partial charge on any atom is -0.309 e. The number of rotatable bonds is 4. The monoisotopic (exact) mass is 306 g/mol. The number of benzene rings is 1. The van der Waals surface area contributed by atoms with Gasteiger partial charge in [0.2, 0.25) is 5.91 Å². The predicted octanol–water partition coefficient (Wildman–Crippen LogP) is 3.45. The lowest BCUT2D eigenvalue weighted by Gasteiger charge is -2.12. The smallest absolute Gasteiger partial charge is 0.250 e. The van der Waals surface area contributed by atoms with Crippen molar-refractivity contribution < 1.29 is 4.79 Å². The Labute approximate surface area is 135 Å². The number of nitrogens with one attached hydrogen (secondary N) is 1. The van der Waals surface area contributed by atoms with Gasteiger partial charge < -0.3 is 5.32 Å². The summed E-state index contributed by atoms with van der Waals surface area (Å²) in [5.41, 5.74) is 3.11. The lowest BCUT2D eigenvalue weighted by Crippen LogP contribution is -2.24. The number of nitrogens with zero attached hydrogens (tertiary/aromatic N) is 3. The summed E-state index contributed by atoms with van der Waals surface area (Å²) >= 11 is 0. The first-order valence-corrected chi connectivity index (χ1v) is 7.46. The summed E-state index contributed by atoms with van der Waals surface area (Å²) in [7, 11) is 0.